The van der Waals surface area contributed by atoms with Crippen LogP contribution in [0.25, 0.3) is 0 Å². The van der Waals surface area contributed by atoms with Crippen LogP contribution in [0.2, 0.25) is 0 Å². The van der Waals surface area contributed by atoms with E-state index in [-0.39, 0.29) is 19.8 Å². The van der Waals surface area contributed by atoms with Crippen LogP contribution in [-0.4, -0.2) is 76.2 Å². The number of allylic oxidation sites excluding steroid dienone is 2. The fourth-order valence-electron chi connectivity index (χ4n) is 6.29. The average Bonchev–Trinajstić information content (AvgIpc) is 3.09. The molecule has 0 bridgehead atoms. The standard InChI is InChI=1S/C44H90NO6P/c1-6-8-10-12-14-16-18-20-22-24-26-28-30-32-34-36-39-48-42-44(51-52(46,47)50-41-38-45(3,4)5)43-49-40-37-35-33-31-29-27-25-23-21-19-17-15-13-11-9-7-2/h20,22,44H,6-19,21,23-43H2,1-5H3/p+1/b22-20-/i44D. The van der Waals surface area contributed by atoms with Gasteiger partial charge in [-0.05, 0) is 38.5 Å². The van der Waals surface area contributed by atoms with Crippen LogP contribution < -0.4 is 0 Å². The van der Waals surface area contributed by atoms with E-state index in [2.05, 4.69) is 26.0 Å². The van der Waals surface area contributed by atoms with Gasteiger partial charge in [0.1, 0.15) is 19.2 Å². The summed E-state index contributed by atoms with van der Waals surface area (Å²) < 4.78 is 44.5. The maximum absolute atomic E-state index is 12.8. The van der Waals surface area contributed by atoms with E-state index in [0.717, 1.165) is 25.7 Å². The largest absolute Gasteiger partial charge is 0.472 e. The molecular weight excluding hydrogens is 669 g/mol. The Bertz CT molecular complexity index is 841. The van der Waals surface area contributed by atoms with Crippen molar-refractivity contribution in [3.63, 3.8) is 0 Å². The molecule has 7 nitrogen and oxygen atoms in total. The van der Waals surface area contributed by atoms with E-state index < -0.39 is 13.9 Å². The van der Waals surface area contributed by atoms with Gasteiger partial charge in [0, 0.05) is 13.2 Å². The van der Waals surface area contributed by atoms with Gasteiger partial charge in [-0.3, -0.25) is 9.05 Å². The van der Waals surface area contributed by atoms with Crippen LogP contribution in [0.3, 0.4) is 0 Å². The maximum atomic E-state index is 12.8. The van der Waals surface area contributed by atoms with Crippen molar-refractivity contribution < 1.29 is 33.8 Å². The van der Waals surface area contributed by atoms with Crippen LogP contribution in [0.1, 0.15) is 208 Å². The SMILES string of the molecule is [2H]C(COCCCCCCCC/C=C\CCCCCCCC)(COCCCCCCCCCCCCCCCCCC)OP(=O)(O)OCC[N+](C)(C)C. The van der Waals surface area contributed by atoms with Crippen molar-refractivity contribution >= 4 is 7.82 Å². The molecule has 0 aromatic carbocycles. The predicted molar refractivity (Wildman–Crippen MR) is 224 cm³/mol. The highest BCUT2D eigenvalue weighted by molar-refractivity contribution is 7.47. The highest BCUT2D eigenvalue weighted by Gasteiger charge is 2.28. The minimum absolute atomic E-state index is 0.0593. The third-order valence-electron chi connectivity index (χ3n) is 9.73. The van der Waals surface area contributed by atoms with E-state index in [9.17, 15) is 9.46 Å². The molecule has 0 saturated carbocycles. The van der Waals surface area contributed by atoms with E-state index in [1.165, 1.54) is 167 Å². The highest BCUT2D eigenvalue weighted by Crippen LogP contribution is 2.44. The number of rotatable bonds is 43. The number of unbranched alkanes of at least 4 members (excludes halogenated alkanes) is 27. The third kappa shape index (κ3) is 42.5. The van der Waals surface area contributed by atoms with E-state index in [4.69, 9.17) is 19.9 Å². The lowest BCUT2D eigenvalue weighted by molar-refractivity contribution is -0.870. The molecule has 2 unspecified atom stereocenters. The Morgan fingerprint density at radius 1 is 0.538 bits per heavy atom. The molecule has 312 valence electrons. The van der Waals surface area contributed by atoms with Gasteiger partial charge in [-0.1, -0.05) is 180 Å². The molecule has 0 saturated heterocycles. The summed E-state index contributed by atoms with van der Waals surface area (Å²) in [4.78, 5) is 10.4. The van der Waals surface area contributed by atoms with Gasteiger partial charge < -0.3 is 18.9 Å². The summed E-state index contributed by atoms with van der Waals surface area (Å²) in [5.41, 5.74) is 0. The van der Waals surface area contributed by atoms with Crippen LogP contribution in [0.4, 0.5) is 0 Å². The summed E-state index contributed by atoms with van der Waals surface area (Å²) in [5, 5.41) is 0. The first-order valence-electron chi connectivity index (χ1n) is 22.8. The third-order valence-corrected chi connectivity index (χ3v) is 10.7. The zero-order valence-electron chi connectivity index (χ0n) is 36.5. The van der Waals surface area contributed by atoms with Gasteiger partial charge in [0.2, 0.25) is 0 Å². The quantitative estimate of drug-likeness (QED) is 0.0289. The monoisotopic (exact) mass is 762 g/mol. The van der Waals surface area contributed by atoms with E-state index in [1.54, 1.807) is 0 Å². The molecule has 0 aromatic heterocycles. The number of hydrogen-bond donors (Lipinski definition) is 1. The average molecular weight is 762 g/mol. The number of ether oxygens (including phenoxy) is 2. The van der Waals surface area contributed by atoms with Crippen molar-refractivity contribution in [2.45, 2.75) is 213 Å². The van der Waals surface area contributed by atoms with Crippen molar-refractivity contribution in [3.05, 3.63) is 12.2 Å². The summed E-state index contributed by atoms with van der Waals surface area (Å²) in [7, 11) is 1.50. The normalized spacial score (nSPS) is 14.9. The van der Waals surface area contributed by atoms with Crippen LogP contribution in [0.5, 0.6) is 0 Å². The van der Waals surface area contributed by atoms with Crippen molar-refractivity contribution in [3.8, 4) is 0 Å². The van der Waals surface area contributed by atoms with Gasteiger partial charge in [-0.25, -0.2) is 4.57 Å². The van der Waals surface area contributed by atoms with Crippen molar-refractivity contribution in [2.75, 3.05) is 60.7 Å². The maximum Gasteiger partial charge on any atom is 0.472 e. The molecule has 8 heteroatoms. The highest BCUT2D eigenvalue weighted by atomic mass is 31.2. The molecule has 0 aromatic rings. The van der Waals surface area contributed by atoms with E-state index >= 15 is 0 Å². The second-order valence-electron chi connectivity index (χ2n) is 16.3. The van der Waals surface area contributed by atoms with Crippen molar-refractivity contribution in [1.29, 1.82) is 0 Å². The topological polar surface area (TPSA) is 74.2 Å². The first kappa shape index (κ1) is 49.7. The second-order valence-corrected chi connectivity index (χ2v) is 17.7. The summed E-state index contributed by atoms with van der Waals surface area (Å²) in [6.07, 6.45) is 41.3. The van der Waals surface area contributed by atoms with Gasteiger partial charge in [-0.2, -0.15) is 0 Å². The van der Waals surface area contributed by atoms with Gasteiger partial charge in [-0.15, -0.1) is 0 Å². The lowest BCUT2D eigenvalue weighted by Crippen LogP contribution is -2.37. The first-order chi connectivity index (χ1) is 25.5. The molecule has 0 radical (unpaired) electrons. The number of quaternary nitrogens is 1. The number of likely N-dealkylation sites (N-methyl/N-ethyl adjacent to an activating group) is 1. The number of phosphoric ester groups is 1. The lowest BCUT2D eigenvalue weighted by Gasteiger charge is -2.25. The number of phosphoric acid groups is 1. The van der Waals surface area contributed by atoms with Crippen LogP contribution >= 0.6 is 7.82 Å². The molecule has 0 fully saturated rings. The Balaban J connectivity index is 4.17. The Kier molecular flexibility index (Phi) is 37.3. The Morgan fingerprint density at radius 2 is 0.865 bits per heavy atom. The fraction of sp³-hybridized carbons (Fsp3) is 0.955. The van der Waals surface area contributed by atoms with E-state index in [1.807, 2.05) is 21.1 Å². The molecule has 0 aliphatic heterocycles. The predicted octanol–water partition coefficient (Wildman–Crippen LogP) is 13.5. The second kappa shape index (κ2) is 39.0. The van der Waals surface area contributed by atoms with Crippen LogP contribution in [0.15, 0.2) is 12.2 Å². The Morgan fingerprint density at radius 3 is 1.21 bits per heavy atom. The molecule has 0 aliphatic rings. The number of nitrogens with zero attached hydrogens (tertiary/aromatic N) is 1. The Hall–Kier alpha value is -0.270. The van der Waals surface area contributed by atoms with Crippen molar-refractivity contribution in [1.82, 2.24) is 0 Å². The fourth-order valence-corrected chi connectivity index (χ4v) is 7.09. The van der Waals surface area contributed by atoms with Gasteiger partial charge in [0.15, 0.2) is 0 Å². The molecule has 1 N–H and O–H groups in total. The summed E-state index contributed by atoms with van der Waals surface area (Å²) in [5.74, 6) is 0. The lowest BCUT2D eigenvalue weighted by atomic mass is 10.0. The summed E-state index contributed by atoms with van der Waals surface area (Å²) >= 11 is 0. The van der Waals surface area contributed by atoms with E-state index in [0.29, 0.717) is 24.2 Å². The molecule has 0 aliphatic carbocycles. The minimum Gasteiger partial charge on any atom is -0.379 e. The Labute approximate surface area is 326 Å². The molecular formula is C44H91NO6P+. The van der Waals surface area contributed by atoms with Gasteiger partial charge >= 0.3 is 7.82 Å². The summed E-state index contributed by atoms with van der Waals surface area (Å²) in [6.45, 7) is 5.86. The van der Waals surface area contributed by atoms with Gasteiger partial charge in [0.25, 0.3) is 0 Å². The number of hydrogen-bond acceptors (Lipinski definition) is 5. The molecule has 0 heterocycles. The molecule has 0 spiro atoms. The molecule has 0 amide bonds. The smallest absolute Gasteiger partial charge is 0.379 e. The molecule has 2 atom stereocenters. The molecule has 52 heavy (non-hydrogen) atoms. The zero-order valence-corrected chi connectivity index (χ0v) is 36.4. The van der Waals surface area contributed by atoms with Crippen LogP contribution in [0, 0.1) is 0 Å². The van der Waals surface area contributed by atoms with Gasteiger partial charge in [0.05, 0.1) is 35.7 Å². The van der Waals surface area contributed by atoms with Crippen LogP contribution in [-0.2, 0) is 23.1 Å². The minimum atomic E-state index is -4.45. The molecule has 0 rings (SSSR count). The first-order valence-corrected chi connectivity index (χ1v) is 23.8. The van der Waals surface area contributed by atoms with Crippen molar-refractivity contribution in [2.24, 2.45) is 0 Å². The zero-order chi connectivity index (χ0) is 39.2. The summed E-state index contributed by atoms with van der Waals surface area (Å²) in [6, 6.07) is 0.